The average Bonchev–Trinajstić information content (AvgIpc) is 2.89. The van der Waals surface area contributed by atoms with Gasteiger partial charge in [-0.15, -0.1) is 11.6 Å². The van der Waals surface area contributed by atoms with Gasteiger partial charge in [-0.3, -0.25) is 0 Å². The van der Waals surface area contributed by atoms with Crippen LogP contribution in [0.15, 0.2) is 0 Å². The molecule has 0 aromatic carbocycles. The minimum absolute atomic E-state index is 0.0575. The number of alkyl halides is 1. The molecule has 0 aromatic rings. The molecule has 2 nitrogen and oxygen atoms in total. The summed E-state index contributed by atoms with van der Waals surface area (Å²) in [5.74, 6) is 1.46. The van der Waals surface area contributed by atoms with E-state index in [2.05, 4.69) is 13.8 Å². The second-order valence-corrected chi connectivity index (χ2v) is 6.15. The molecule has 3 unspecified atom stereocenters. The van der Waals surface area contributed by atoms with Crippen LogP contribution in [0.2, 0.25) is 0 Å². The van der Waals surface area contributed by atoms with Gasteiger partial charge in [0.05, 0.1) is 6.10 Å². The lowest BCUT2D eigenvalue weighted by atomic mass is 9.96. The van der Waals surface area contributed by atoms with Crippen LogP contribution < -0.4 is 0 Å². The smallest absolute Gasteiger partial charge is 0.158 e. The molecular formula is C16H31ClO2. The number of halogens is 1. The van der Waals surface area contributed by atoms with Crippen molar-refractivity contribution in [2.75, 3.05) is 12.5 Å². The molecule has 3 atom stereocenters. The highest BCUT2D eigenvalue weighted by molar-refractivity contribution is 6.17. The summed E-state index contributed by atoms with van der Waals surface area (Å²) in [5.41, 5.74) is 0. The molecule has 1 aliphatic rings. The highest BCUT2D eigenvalue weighted by Crippen LogP contribution is 2.28. The van der Waals surface area contributed by atoms with Crippen molar-refractivity contribution in [3.8, 4) is 0 Å². The van der Waals surface area contributed by atoms with E-state index in [9.17, 15) is 0 Å². The molecule has 19 heavy (non-hydrogen) atoms. The van der Waals surface area contributed by atoms with Gasteiger partial charge in [-0.2, -0.15) is 0 Å². The number of hydrogen-bond acceptors (Lipinski definition) is 2. The fourth-order valence-corrected chi connectivity index (χ4v) is 2.84. The molecule has 0 radical (unpaired) electrons. The first-order valence-electron chi connectivity index (χ1n) is 8.11. The molecule has 0 aliphatic carbocycles. The first kappa shape index (κ1) is 17.3. The second-order valence-electron chi connectivity index (χ2n) is 5.77. The standard InChI is InChI=1S/C16H31ClO2/c1-3-4-9-14(2)15-10-11-16(19-15)18-13-8-6-5-7-12-17/h14-16H,3-13H2,1-2H3. The number of rotatable bonds is 11. The van der Waals surface area contributed by atoms with Crippen LogP contribution in [0.5, 0.6) is 0 Å². The average molecular weight is 291 g/mol. The summed E-state index contributed by atoms with van der Waals surface area (Å²) < 4.78 is 11.8. The summed E-state index contributed by atoms with van der Waals surface area (Å²) in [7, 11) is 0. The zero-order valence-electron chi connectivity index (χ0n) is 12.7. The SMILES string of the molecule is CCCCC(C)C1CCC(OCCCCCCCl)O1. The quantitative estimate of drug-likeness (QED) is 0.388. The van der Waals surface area contributed by atoms with Crippen molar-refractivity contribution in [3.63, 3.8) is 0 Å². The van der Waals surface area contributed by atoms with Crippen LogP contribution in [0.25, 0.3) is 0 Å². The molecule has 0 bridgehead atoms. The fourth-order valence-electron chi connectivity index (χ4n) is 2.65. The number of unbranched alkanes of at least 4 members (excludes halogenated alkanes) is 4. The maximum atomic E-state index is 6.00. The molecule has 1 rings (SSSR count). The minimum atomic E-state index is 0.0575. The van der Waals surface area contributed by atoms with E-state index >= 15 is 0 Å². The summed E-state index contributed by atoms with van der Waals surface area (Å²) in [6.07, 6.45) is 11.3. The molecule has 114 valence electrons. The van der Waals surface area contributed by atoms with Crippen LogP contribution in [0.3, 0.4) is 0 Å². The monoisotopic (exact) mass is 290 g/mol. The summed E-state index contributed by atoms with van der Waals surface area (Å²) in [6, 6.07) is 0. The van der Waals surface area contributed by atoms with E-state index in [1.54, 1.807) is 0 Å². The van der Waals surface area contributed by atoms with Gasteiger partial charge >= 0.3 is 0 Å². The van der Waals surface area contributed by atoms with Crippen LogP contribution in [0.1, 0.15) is 71.6 Å². The van der Waals surface area contributed by atoms with Gasteiger partial charge in [-0.25, -0.2) is 0 Å². The molecule has 0 aromatic heterocycles. The maximum Gasteiger partial charge on any atom is 0.158 e. The van der Waals surface area contributed by atoms with Crippen LogP contribution in [-0.2, 0) is 9.47 Å². The van der Waals surface area contributed by atoms with Gasteiger partial charge in [0, 0.05) is 18.9 Å². The Balaban J connectivity index is 2.01. The van der Waals surface area contributed by atoms with E-state index in [1.807, 2.05) is 0 Å². The Morgan fingerprint density at radius 2 is 1.95 bits per heavy atom. The summed E-state index contributed by atoms with van der Waals surface area (Å²) in [6.45, 7) is 5.40. The third-order valence-corrected chi connectivity index (χ3v) is 4.26. The molecular weight excluding hydrogens is 260 g/mol. The Morgan fingerprint density at radius 1 is 1.16 bits per heavy atom. The fraction of sp³-hybridized carbons (Fsp3) is 1.00. The van der Waals surface area contributed by atoms with Crippen LogP contribution in [0, 0.1) is 5.92 Å². The first-order chi connectivity index (χ1) is 9.27. The van der Waals surface area contributed by atoms with Gasteiger partial charge in [0.2, 0.25) is 0 Å². The van der Waals surface area contributed by atoms with E-state index < -0.39 is 0 Å². The lowest BCUT2D eigenvalue weighted by Crippen LogP contribution is -2.20. The molecule has 0 N–H and O–H groups in total. The van der Waals surface area contributed by atoms with Gasteiger partial charge in [-0.1, -0.05) is 39.5 Å². The summed E-state index contributed by atoms with van der Waals surface area (Å²) in [4.78, 5) is 0. The van der Waals surface area contributed by atoms with Crippen LogP contribution in [-0.4, -0.2) is 24.9 Å². The topological polar surface area (TPSA) is 18.5 Å². The number of hydrogen-bond donors (Lipinski definition) is 0. The molecule has 1 saturated heterocycles. The lowest BCUT2D eigenvalue weighted by molar-refractivity contribution is -0.143. The minimum Gasteiger partial charge on any atom is -0.353 e. The van der Waals surface area contributed by atoms with Crippen molar-refractivity contribution >= 4 is 11.6 Å². The predicted octanol–water partition coefficient (Wildman–Crippen LogP) is 5.13. The molecule has 3 heteroatoms. The van der Waals surface area contributed by atoms with Crippen LogP contribution >= 0.6 is 11.6 Å². The van der Waals surface area contributed by atoms with E-state index in [0.29, 0.717) is 12.0 Å². The van der Waals surface area contributed by atoms with Crippen LogP contribution in [0.4, 0.5) is 0 Å². The second kappa shape index (κ2) is 10.9. The van der Waals surface area contributed by atoms with Crippen molar-refractivity contribution in [2.45, 2.75) is 84.0 Å². The molecule has 0 saturated carbocycles. The highest BCUT2D eigenvalue weighted by Gasteiger charge is 2.29. The Hall–Kier alpha value is 0.210. The third kappa shape index (κ3) is 7.53. The number of ether oxygens (including phenoxy) is 2. The molecule has 0 spiro atoms. The Kier molecular flexibility index (Phi) is 9.93. The van der Waals surface area contributed by atoms with Crippen molar-refractivity contribution in [3.05, 3.63) is 0 Å². The predicted molar refractivity (Wildman–Crippen MR) is 81.7 cm³/mol. The van der Waals surface area contributed by atoms with Crippen molar-refractivity contribution in [1.82, 2.24) is 0 Å². The van der Waals surface area contributed by atoms with E-state index in [0.717, 1.165) is 31.7 Å². The zero-order chi connectivity index (χ0) is 13.9. The largest absolute Gasteiger partial charge is 0.353 e. The van der Waals surface area contributed by atoms with Gasteiger partial charge in [-0.05, 0) is 31.6 Å². The third-order valence-electron chi connectivity index (χ3n) is 3.99. The molecule has 0 amide bonds. The summed E-state index contributed by atoms with van der Waals surface area (Å²) in [5, 5.41) is 0. The maximum absolute atomic E-state index is 6.00. The van der Waals surface area contributed by atoms with Crippen molar-refractivity contribution < 1.29 is 9.47 Å². The Bertz CT molecular complexity index is 211. The van der Waals surface area contributed by atoms with Gasteiger partial charge in [0.15, 0.2) is 6.29 Å². The highest BCUT2D eigenvalue weighted by atomic mass is 35.5. The van der Waals surface area contributed by atoms with Gasteiger partial charge in [0.25, 0.3) is 0 Å². The lowest BCUT2D eigenvalue weighted by Gasteiger charge is -2.20. The van der Waals surface area contributed by atoms with Crippen molar-refractivity contribution in [1.29, 1.82) is 0 Å². The molecule has 1 aliphatic heterocycles. The van der Waals surface area contributed by atoms with Crippen molar-refractivity contribution in [2.24, 2.45) is 5.92 Å². The zero-order valence-corrected chi connectivity index (χ0v) is 13.5. The van der Waals surface area contributed by atoms with Gasteiger partial charge < -0.3 is 9.47 Å². The normalized spacial score (nSPS) is 24.8. The Labute approximate surface area is 124 Å². The van der Waals surface area contributed by atoms with E-state index in [1.165, 1.54) is 38.5 Å². The first-order valence-corrected chi connectivity index (χ1v) is 8.64. The molecule has 1 fully saturated rings. The van der Waals surface area contributed by atoms with E-state index in [-0.39, 0.29) is 6.29 Å². The Morgan fingerprint density at radius 3 is 2.68 bits per heavy atom. The molecule has 1 heterocycles. The van der Waals surface area contributed by atoms with E-state index in [4.69, 9.17) is 21.1 Å². The summed E-state index contributed by atoms with van der Waals surface area (Å²) >= 11 is 5.65. The van der Waals surface area contributed by atoms with Gasteiger partial charge in [0.1, 0.15) is 0 Å².